The lowest BCUT2D eigenvalue weighted by Gasteiger charge is -2.08. The molecule has 1 heterocycles. The average molecular weight is 283 g/mol. The third kappa shape index (κ3) is 3.34. The molecule has 0 bridgehead atoms. The number of H-pyrrole nitrogens is 1. The van der Waals surface area contributed by atoms with Crippen molar-refractivity contribution in [2.24, 2.45) is 0 Å². The van der Waals surface area contributed by atoms with Gasteiger partial charge < -0.3 is 5.11 Å². The maximum atomic E-state index is 11.9. The lowest BCUT2D eigenvalue weighted by Crippen LogP contribution is -2.30. The number of aromatic amines is 1. The predicted octanol–water partition coefficient (Wildman–Crippen LogP) is -0.474. The molecular weight excluding hydrogens is 270 g/mol. The van der Waals surface area contributed by atoms with Crippen molar-refractivity contribution in [2.45, 2.75) is 17.9 Å². The van der Waals surface area contributed by atoms with Crippen molar-refractivity contribution in [3.05, 3.63) is 24.3 Å². The van der Waals surface area contributed by atoms with E-state index in [9.17, 15) is 8.42 Å². The van der Waals surface area contributed by atoms with Crippen LogP contribution >= 0.6 is 0 Å². The topological polar surface area (TPSA) is 121 Å². The third-order valence-corrected chi connectivity index (χ3v) is 3.78. The molecule has 0 aliphatic heterocycles. The molecule has 0 radical (unpaired) electrons. The third-order valence-electron chi connectivity index (χ3n) is 2.34. The number of tetrazole rings is 1. The fourth-order valence-electron chi connectivity index (χ4n) is 1.38. The predicted molar refractivity (Wildman–Crippen MR) is 66.5 cm³/mol. The minimum Gasteiger partial charge on any atom is -0.392 e. The van der Waals surface area contributed by atoms with E-state index in [1.807, 2.05) is 0 Å². The molecule has 0 unspecified atom stereocenters. The SMILES string of the molecule is C[C@H](O)CNS(=O)(=O)c1ccc(-c2nn[nH]n2)cc1. The zero-order valence-electron chi connectivity index (χ0n) is 10.1. The lowest BCUT2D eigenvalue weighted by molar-refractivity contribution is 0.198. The first-order chi connectivity index (χ1) is 8.99. The molecule has 19 heavy (non-hydrogen) atoms. The largest absolute Gasteiger partial charge is 0.392 e. The van der Waals surface area contributed by atoms with Crippen molar-refractivity contribution < 1.29 is 13.5 Å². The zero-order chi connectivity index (χ0) is 13.9. The van der Waals surface area contributed by atoms with Gasteiger partial charge in [-0.05, 0) is 36.4 Å². The minimum atomic E-state index is -3.62. The summed E-state index contributed by atoms with van der Waals surface area (Å²) in [7, 11) is -3.62. The van der Waals surface area contributed by atoms with E-state index < -0.39 is 16.1 Å². The first kappa shape index (κ1) is 13.6. The Morgan fingerprint density at radius 2 is 2.05 bits per heavy atom. The Morgan fingerprint density at radius 3 is 2.58 bits per heavy atom. The van der Waals surface area contributed by atoms with Crippen LogP contribution in [0.4, 0.5) is 0 Å². The van der Waals surface area contributed by atoms with Gasteiger partial charge in [-0.25, -0.2) is 13.1 Å². The first-order valence-corrected chi connectivity index (χ1v) is 6.99. The summed E-state index contributed by atoms with van der Waals surface area (Å²) in [5, 5.41) is 22.4. The molecule has 1 atom stereocenters. The molecule has 0 amide bonds. The van der Waals surface area contributed by atoms with Gasteiger partial charge in [-0.1, -0.05) is 0 Å². The van der Waals surface area contributed by atoms with Crippen LogP contribution in [0.5, 0.6) is 0 Å². The van der Waals surface area contributed by atoms with Crippen LogP contribution in [0.2, 0.25) is 0 Å². The van der Waals surface area contributed by atoms with Crippen LogP contribution in [0, 0.1) is 0 Å². The highest BCUT2D eigenvalue weighted by Gasteiger charge is 2.14. The Kier molecular flexibility index (Phi) is 3.88. The standard InChI is InChI=1S/C10H13N5O3S/c1-7(16)6-11-19(17,18)9-4-2-8(3-5-9)10-12-14-15-13-10/h2-5,7,11,16H,6H2,1H3,(H,12,13,14,15)/t7-/m0/s1. The van der Waals surface area contributed by atoms with Crippen LogP contribution in [0.1, 0.15) is 6.92 Å². The zero-order valence-corrected chi connectivity index (χ0v) is 10.9. The molecule has 1 aromatic carbocycles. The molecule has 0 aliphatic carbocycles. The fraction of sp³-hybridized carbons (Fsp3) is 0.300. The highest BCUT2D eigenvalue weighted by Crippen LogP contribution is 2.16. The Hall–Kier alpha value is -1.84. The number of aliphatic hydroxyl groups excluding tert-OH is 1. The summed E-state index contributed by atoms with van der Waals surface area (Å²) < 4.78 is 26.0. The molecule has 3 N–H and O–H groups in total. The Balaban J connectivity index is 2.18. The average Bonchev–Trinajstić information content (AvgIpc) is 2.91. The van der Waals surface area contributed by atoms with Crippen molar-refractivity contribution in [3.8, 4) is 11.4 Å². The van der Waals surface area contributed by atoms with Crippen molar-refractivity contribution in [3.63, 3.8) is 0 Å². The number of nitrogens with one attached hydrogen (secondary N) is 2. The molecule has 0 saturated heterocycles. The van der Waals surface area contributed by atoms with Gasteiger partial charge in [0.1, 0.15) is 0 Å². The number of hydrogen-bond acceptors (Lipinski definition) is 6. The van der Waals surface area contributed by atoms with Crippen molar-refractivity contribution >= 4 is 10.0 Å². The van der Waals surface area contributed by atoms with E-state index in [0.29, 0.717) is 11.4 Å². The van der Waals surface area contributed by atoms with Crippen LogP contribution in [0.3, 0.4) is 0 Å². The van der Waals surface area contributed by atoms with Crippen molar-refractivity contribution in [1.82, 2.24) is 25.3 Å². The number of sulfonamides is 1. The van der Waals surface area contributed by atoms with Gasteiger partial charge in [-0.15, -0.1) is 10.2 Å². The molecule has 0 aliphatic rings. The summed E-state index contributed by atoms with van der Waals surface area (Å²) in [6.07, 6.45) is -0.742. The summed E-state index contributed by atoms with van der Waals surface area (Å²) >= 11 is 0. The number of aromatic nitrogens is 4. The van der Waals surface area contributed by atoms with E-state index >= 15 is 0 Å². The highest BCUT2D eigenvalue weighted by atomic mass is 32.2. The minimum absolute atomic E-state index is 0.0328. The van der Waals surface area contributed by atoms with Gasteiger partial charge in [-0.2, -0.15) is 5.21 Å². The molecular formula is C10H13N5O3S. The van der Waals surface area contributed by atoms with E-state index in [1.54, 1.807) is 12.1 Å². The van der Waals surface area contributed by atoms with E-state index in [1.165, 1.54) is 19.1 Å². The summed E-state index contributed by atoms with van der Waals surface area (Å²) in [6, 6.07) is 6.05. The number of nitrogens with zero attached hydrogens (tertiary/aromatic N) is 3. The second kappa shape index (κ2) is 5.43. The molecule has 0 spiro atoms. The molecule has 102 valence electrons. The molecule has 2 rings (SSSR count). The first-order valence-electron chi connectivity index (χ1n) is 5.50. The van der Waals surface area contributed by atoms with Crippen LogP contribution in [-0.4, -0.2) is 46.8 Å². The number of rotatable bonds is 5. The lowest BCUT2D eigenvalue weighted by atomic mass is 10.2. The molecule has 2 aromatic rings. The number of hydrogen-bond donors (Lipinski definition) is 3. The van der Waals surface area contributed by atoms with Crippen LogP contribution in [-0.2, 0) is 10.0 Å². The van der Waals surface area contributed by atoms with E-state index in [0.717, 1.165) is 0 Å². The van der Waals surface area contributed by atoms with Crippen molar-refractivity contribution in [2.75, 3.05) is 6.54 Å². The maximum absolute atomic E-state index is 11.9. The smallest absolute Gasteiger partial charge is 0.240 e. The number of aliphatic hydroxyl groups is 1. The molecule has 0 saturated carbocycles. The van der Waals surface area contributed by atoms with Crippen LogP contribution < -0.4 is 4.72 Å². The van der Waals surface area contributed by atoms with Gasteiger partial charge in [0.15, 0.2) is 0 Å². The second-order valence-corrected chi connectivity index (χ2v) is 5.73. The number of benzene rings is 1. The van der Waals surface area contributed by atoms with E-state index in [2.05, 4.69) is 25.3 Å². The highest BCUT2D eigenvalue weighted by molar-refractivity contribution is 7.89. The van der Waals surface area contributed by atoms with Gasteiger partial charge in [-0.3, -0.25) is 0 Å². The summed E-state index contributed by atoms with van der Waals surface area (Å²) in [5.74, 6) is 0.390. The molecule has 0 fully saturated rings. The monoisotopic (exact) mass is 283 g/mol. The van der Waals surface area contributed by atoms with Gasteiger partial charge in [0.2, 0.25) is 15.8 Å². The van der Waals surface area contributed by atoms with Crippen molar-refractivity contribution in [1.29, 1.82) is 0 Å². The van der Waals surface area contributed by atoms with Crippen LogP contribution in [0.15, 0.2) is 29.2 Å². The van der Waals surface area contributed by atoms with Gasteiger partial charge >= 0.3 is 0 Å². The second-order valence-electron chi connectivity index (χ2n) is 3.96. The molecule has 8 nitrogen and oxygen atoms in total. The Labute approximate surface area is 109 Å². The Bertz CT molecular complexity index is 622. The molecule has 1 aromatic heterocycles. The Morgan fingerprint density at radius 1 is 1.37 bits per heavy atom. The molecule has 9 heteroatoms. The van der Waals surface area contributed by atoms with E-state index in [-0.39, 0.29) is 11.4 Å². The summed E-state index contributed by atoms with van der Waals surface area (Å²) in [4.78, 5) is 0.111. The van der Waals surface area contributed by atoms with Gasteiger partial charge in [0.05, 0.1) is 11.0 Å². The summed E-state index contributed by atoms with van der Waals surface area (Å²) in [6.45, 7) is 1.47. The quantitative estimate of drug-likeness (QED) is 0.682. The maximum Gasteiger partial charge on any atom is 0.240 e. The normalized spacial score (nSPS) is 13.4. The van der Waals surface area contributed by atoms with E-state index in [4.69, 9.17) is 5.11 Å². The van der Waals surface area contributed by atoms with Crippen LogP contribution in [0.25, 0.3) is 11.4 Å². The van der Waals surface area contributed by atoms with Gasteiger partial charge in [0.25, 0.3) is 0 Å². The fourth-order valence-corrected chi connectivity index (χ4v) is 2.50. The van der Waals surface area contributed by atoms with Gasteiger partial charge in [0, 0.05) is 12.1 Å². The summed E-state index contributed by atoms with van der Waals surface area (Å²) in [5.41, 5.74) is 0.656.